The van der Waals surface area contributed by atoms with Crippen LogP contribution in [-0.2, 0) is 0 Å². The summed E-state index contributed by atoms with van der Waals surface area (Å²) in [5.74, 6) is 0. The predicted molar refractivity (Wildman–Crippen MR) is 134 cm³/mol. The standard InChI is InChI=1S/C28H18S2/c1-3-7-21-15-27(25(13-19(21)5-1)23-9-11-29-17-23)28-16-22-8-4-2-6-20(22)14-26(28)24-10-12-30-18-24/h1-18H. The average Bonchev–Trinajstić information content (AvgIpc) is 3.52. The zero-order chi connectivity index (χ0) is 19.9. The van der Waals surface area contributed by atoms with Crippen molar-refractivity contribution in [1.82, 2.24) is 0 Å². The highest BCUT2D eigenvalue weighted by Gasteiger charge is 2.16. The summed E-state index contributed by atoms with van der Waals surface area (Å²) >= 11 is 3.50. The highest BCUT2D eigenvalue weighted by Crippen LogP contribution is 2.42. The van der Waals surface area contributed by atoms with Crippen molar-refractivity contribution in [1.29, 1.82) is 0 Å². The van der Waals surface area contributed by atoms with Gasteiger partial charge in [-0.05, 0) is 113 Å². The molecule has 0 amide bonds. The van der Waals surface area contributed by atoms with Crippen molar-refractivity contribution in [2.45, 2.75) is 0 Å². The van der Waals surface area contributed by atoms with E-state index in [4.69, 9.17) is 0 Å². The van der Waals surface area contributed by atoms with E-state index in [1.54, 1.807) is 22.7 Å². The van der Waals surface area contributed by atoms with Crippen molar-refractivity contribution in [3.8, 4) is 33.4 Å². The van der Waals surface area contributed by atoms with Crippen LogP contribution in [-0.4, -0.2) is 0 Å². The van der Waals surface area contributed by atoms with Gasteiger partial charge in [0.05, 0.1) is 0 Å². The third kappa shape index (κ3) is 2.97. The highest BCUT2D eigenvalue weighted by atomic mass is 32.1. The third-order valence-corrected chi connectivity index (χ3v) is 7.09. The Morgan fingerprint density at radius 3 is 1.10 bits per heavy atom. The SMILES string of the molecule is c1ccc2cc(-c3cc4ccccc4cc3-c3ccsc3)c(-c3ccsc3)cc2c1. The van der Waals surface area contributed by atoms with Crippen molar-refractivity contribution >= 4 is 44.2 Å². The van der Waals surface area contributed by atoms with Crippen LogP contribution in [0.3, 0.4) is 0 Å². The van der Waals surface area contributed by atoms with E-state index < -0.39 is 0 Å². The lowest BCUT2D eigenvalue weighted by Crippen LogP contribution is -1.90. The quantitative estimate of drug-likeness (QED) is 0.269. The second-order valence-corrected chi connectivity index (χ2v) is 9.07. The summed E-state index contributed by atoms with van der Waals surface area (Å²) in [5.41, 5.74) is 7.73. The first-order valence-corrected chi connectivity index (χ1v) is 11.9. The molecule has 30 heavy (non-hydrogen) atoms. The molecule has 6 aromatic rings. The second kappa shape index (κ2) is 7.24. The van der Waals surface area contributed by atoms with Gasteiger partial charge in [0.2, 0.25) is 0 Å². The van der Waals surface area contributed by atoms with Gasteiger partial charge in [0, 0.05) is 0 Å². The molecule has 4 aromatic carbocycles. The topological polar surface area (TPSA) is 0 Å². The van der Waals surface area contributed by atoms with E-state index in [9.17, 15) is 0 Å². The van der Waals surface area contributed by atoms with Crippen molar-refractivity contribution in [2.24, 2.45) is 0 Å². The van der Waals surface area contributed by atoms with E-state index in [1.165, 1.54) is 54.9 Å². The lowest BCUT2D eigenvalue weighted by molar-refractivity contribution is 1.64. The summed E-state index contributed by atoms with van der Waals surface area (Å²) in [6.07, 6.45) is 0. The molecule has 0 aliphatic rings. The van der Waals surface area contributed by atoms with Crippen molar-refractivity contribution < 1.29 is 0 Å². The van der Waals surface area contributed by atoms with Crippen LogP contribution in [0.2, 0.25) is 0 Å². The molecule has 0 radical (unpaired) electrons. The smallest absolute Gasteiger partial charge is 0.00145 e. The predicted octanol–water partition coefficient (Wildman–Crippen LogP) is 9.12. The lowest BCUT2D eigenvalue weighted by Gasteiger charge is -2.16. The molecule has 2 heterocycles. The molecule has 0 aliphatic heterocycles. The van der Waals surface area contributed by atoms with Crippen LogP contribution in [0.4, 0.5) is 0 Å². The van der Waals surface area contributed by atoms with Gasteiger partial charge in [-0.15, -0.1) is 0 Å². The lowest BCUT2D eigenvalue weighted by atomic mass is 9.87. The summed E-state index contributed by atoms with van der Waals surface area (Å²) in [6.45, 7) is 0. The van der Waals surface area contributed by atoms with Gasteiger partial charge in [-0.25, -0.2) is 0 Å². The van der Waals surface area contributed by atoms with Crippen LogP contribution in [0.25, 0.3) is 54.9 Å². The Hall–Kier alpha value is -3.20. The molecule has 0 atom stereocenters. The van der Waals surface area contributed by atoms with Gasteiger partial charge in [0.15, 0.2) is 0 Å². The summed E-state index contributed by atoms with van der Waals surface area (Å²) in [5, 5.41) is 13.9. The van der Waals surface area contributed by atoms with E-state index in [-0.39, 0.29) is 0 Å². The second-order valence-electron chi connectivity index (χ2n) is 7.51. The Morgan fingerprint density at radius 2 is 0.767 bits per heavy atom. The molecule has 0 saturated carbocycles. The Labute approximate surface area is 183 Å². The van der Waals surface area contributed by atoms with Crippen molar-refractivity contribution in [3.05, 3.63) is 106 Å². The maximum atomic E-state index is 2.36. The molecular formula is C28H18S2. The van der Waals surface area contributed by atoms with Gasteiger partial charge in [0.1, 0.15) is 0 Å². The molecule has 0 bridgehead atoms. The summed E-state index contributed by atoms with van der Waals surface area (Å²) < 4.78 is 0. The molecule has 6 rings (SSSR count). The minimum Gasteiger partial charge on any atom is -0.152 e. The highest BCUT2D eigenvalue weighted by molar-refractivity contribution is 7.08. The molecular weight excluding hydrogens is 400 g/mol. The maximum absolute atomic E-state index is 2.36. The average molecular weight is 419 g/mol. The molecule has 2 aromatic heterocycles. The molecule has 0 spiro atoms. The number of fused-ring (bicyclic) bond motifs is 2. The van der Waals surface area contributed by atoms with Gasteiger partial charge < -0.3 is 0 Å². The fourth-order valence-corrected chi connectivity index (χ4v) is 5.55. The summed E-state index contributed by atoms with van der Waals surface area (Å²) in [4.78, 5) is 0. The van der Waals surface area contributed by atoms with Gasteiger partial charge in [-0.3, -0.25) is 0 Å². The Morgan fingerprint density at radius 1 is 0.400 bits per heavy atom. The fraction of sp³-hybridized carbons (Fsp3) is 0. The maximum Gasteiger partial charge on any atom is -0.00145 e. The summed E-state index contributed by atoms with van der Waals surface area (Å²) in [7, 11) is 0. The molecule has 0 nitrogen and oxygen atoms in total. The molecule has 0 saturated heterocycles. The van der Waals surface area contributed by atoms with Gasteiger partial charge in [-0.1, -0.05) is 48.5 Å². The first kappa shape index (κ1) is 17.6. The number of thiophene rings is 2. The van der Waals surface area contributed by atoms with Gasteiger partial charge >= 0.3 is 0 Å². The fourth-order valence-electron chi connectivity index (χ4n) is 4.24. The minimum atomic E-state index is 1.27. The van der Waals surface area contributed by atoms with Crippen LogP contribution in [0.15, 0.2) is 106 Å². The monoisotopic (exact) mass is 418 g/mol. The summed E-state index contributed by atoms with van der Waals surface area (Å²) in [6, 6.07) is 31.2. The van der Waals surface area contributed by atoms with E-state index in [0.29, 0.717) is 0 Å². The molecule has 0 unspecified atom stereocenters. The number of benzene rings is 4. The number of hydrogen-bond acceptors (Lipinski definition) is 2. The third-order valence-electron chi connectivity index (χ3n) is 5.73. The van der Waals surface area contributed by atoms with Crippen LogP contribution < -0.4 is 0 Å². The molecule has 0 aliphatic carbocycles. The van der Waals surface area contributed by atoms with Gasteiger partial charge in [-0.2, -0.15) is 22.7 Å². The zero-order valence-corrected chi connectivity index (χ0v) is 17.8. The van der Waals surface area contributed by atoms with Crippen LogP contribution in [0.1, 0.15) is 0 Å². The largest absolute Gasteiger partial charge is 0.152 e. The van der Waals surface area contributed by atoms with E-state index in [0.717, 1.165) is 0 Å². The van der Waals surface area contributed by atoms with Crippen molar-refractivity contribution in [3.63, 3.8) is 0 Å². The molecule has 0 fully saturated rings. The van der Waals surface area contributed by atoms with Gasteiger partial charge in [0.25, 0.3) is 0 Å². The van der Waals surface area contributed by atoms with Crippen LogP contribution in [0.5, 0.6) is 0 Å². The first-order valence-electron chi connectivity index (χ1n) is 9.98. The van der Waals surface area contributed by atoms with E-state index >= 15 is 0 Å². The first-order chi connectivity index (χ1) is 14.9. The molecule has 2 heteroatoms. The van der Waals surface area contributed by atoms with Crippen molar-refractivity contribution in [2.75, 3.05) is 0 Å². The number of hydrogen-bond donors (Lipinski definition) is 0. The Kier molecular flexibility index (Phi) is 4.26. The Balaban J connectivity index is 1.73. The number of rotatable bonds is 3. The molecule has 0 N–H and O–H groups in total. The van der Waals surface area contributed by atoms with Crippen LogP contribution in [0, 0.1) is 0 Å². The van der Waals surface area contributed by atoms with Crippen LogP contribution >= 0.6 is 22.7 Å². The molecule has 142 valence electrons. The zero-order valence-electron chi connectivity index (χ0n) is 16.2. The Bertz CT molecular complexity index is 1360. The minimum absolute atomic E-state index is 1.27. The van der Waals surface area contributed by atoms with E-state index in [2.05, 4.69) is 106 Å². The normalized spacial score (nSPS) is 11.3. The van der Waals surface area contributed by atoms with E-state index in [1.807, 2.05) is 0 Å².